The summed E-state index contributed by atoms with van der Waals surface area (Å²) in [6.07, 6.45) is 0.00574. The average molecular weight is 289 g/mol. The first-order valence-electron chi connectivity index (χ1n) is 7.41. The lowest BCUT2D eigenvalue weighted by molar-refractivity contribution is -0.147. The second-order valence-corrected chi connectivity index (χ2v) is 6.43. The van der Waals surface area contributed by atoms with E-state index in [0.29, 0.717) is 17.4 Å². The van der Waals surface area contributed by atoms with E-state index < -0.39 is 11.4 Å². The van der Waals surface area contributed by atoms with Gasteiger partial charge in [-0.3, -0.25) is 9.59 Å². The summed E-state index contributed by atoms with van der Waals surface area (Å²) in [5.74, 6) is -0.0779. The molecular weight excluding hydrogens is 266 g/mol. The molecule has 1 aromatic carbocycles. The Balaban J connectivity index is 2.18. The molecule has 1 N–H and O–H groups in total. The van der Waals surface area contributed by atoms with Crippen LogP contribution in [0, 0.1) is 11.8 Å². The molecule has 3 unspecified atom stereocenters. The van der Waals surface area contributed by atoms with E-state index in [4.69, 9.17) is 0 Å². The fraction of sp³-hybridized carbons (Fsp3) is 0.529. The first kappa shape index (κ1) is 15.5. The minimum atomic E-state index is -1.17. The van der Waals surface area contributed by atoms with Crippen LogP contribution < -0.4 is 0 Å². The normalized spacial score (nSPS) is 24.6. The first-order chi connectivity index (χ1) is 9.84. The Labute approximate surface area is 125 Å². The first-order valence-corrected chi connectivity index (χ1v) is 7.41. The van der Waals surface area contributed by atoms with E-state index in [2.05, 4.69) is 13.8 Å². The fourth-order valence-electron chi connectivity index (χ4n) is 2.85. The van der Waals surface area contributed by atoms with Crippen LogP contribution in [0.3, 0.4) is 0 Å². The van der Waals surface area contributed by atoms with Crippen molar-refractivity contribution in [2.45, 2.75) is 32.6 Å². The minimum Gasteiger partial charge on any atom is -0.481 e. The number of hydrogen-bond acceptors (Lipinski definition) is 2. The lowest BCUT2D eigenvalue weighted by Gasteiger charge is -2.27. The van der Waals surface area contributed by atoms with Crippen molar-refractivity contribution in [3.05, 3.63) is 35.9 Å². The van der Waals surface area contributed by atoms with Gasteiger partial charge in [0.15, 0.2) is 0 Å². The summed E-state index contributed by atoms with van der Waals surface area (Å²) >= 11 is 0. The van der Waals surface area contributed by atoms with Crippen molar-refractivity contribution >= 4 is 11.9 Å². The van der Waals surface area contributed by atoms with Crippen LogP contribution in [0.25, 0.3) is 0 Å². The van der Waals surface area contributed by atoms with Crippen LogP contribution in [0.15, 0.2) is 30.3 Å². The number of rotatable bonds is 4. The predicted molar refractivity (Wildman–Crippen MR) is 81.0 cm³/mol. The maximum atomic E-state index is 12.5. The Morgan fingerprint density at radius 1 is 1.19 bits per heavy atom. The molecule has 1 aromatic rings. The monoisotopic (exact) mass is 289 g/mol. The number of hydrogen-bond donors (Lipinski definition) is 1. The van der Waals surface area contributed by atoms with Crippen LogP contribution in [-0.2, 0) is 15.0 Å². The number of benzene rings is 1. The molecule has 21 heavy (non-hydrogen) atoms. The number of amides is 1. The largest absolute Gasteiger partial charge is 0.481 e. The summed E-state index contributed by atoms with van der Waals surface area (Å²) in [4.78, 5) is 26.0. The second kappa shape index (κ2) is 5.88. The number of carbonyl (C=O) groups is 2. The van der Waals surface area contributed by atoms with Crippen molar-refractivity contribution in [3.8, 4) is 0 Å². The maximum Gasteiger partial charge on any atom is 0.314 e. The summed E-state index contributed by atoms with van der Waals surface area (Å²) in [5, 5.41) is 9.61. The van der Waals surface area contributed by atoms with Crippen LogP contribution in [-0.4, -0.2) is 35.0 Å². The standard InChI is InChI=1S/C17H23NO3/c1-12-10-18(11-13(12)2)15(19)9-17(3,16(20)21)14-7-5-4-6-8-14/h4-8,12-13H,9-11H2,1-3H3,(H,20,21). The average Bonchev–Trinajstić information content (AvgIpc) is 2.79. The van der Waals surface area contributed by atoms with Gasteiger partial charge in [0, 0.05) is 19.5 Å². The van der Waals surface area contributed by atoms with Gasteiger partial charge in [-0.25, -0.2) is 0 Å². The molecular formula is C17H23NO3. The quantitative estimate of drug-likeness (QED) is 0.926. The summed E-state index contributed by atoms with van der Waals surface area (Å²) in [6.45, 7) is 7.34. The Kier molecular flexibility index (Phi) is 4.35. The molecule has 4 nitrogen and oxygen atoms in total. The highest BCUT2D eigenvalue weighted by Gasteiger charge is 2.40. The van der Waals surface area contributed by atoms with Gasteiger partial charge in [0.05, 0.1) is 5.41 Å². The highest BCUT2D eigenvalue weighted by molar-refractivity contribution is 5.89. The summed E-state index contributed by atoms with van der Waals surface area (Å²) < 4.78 is 0. The van der Waals surface area contributed by atoms with Crippen LogP contribution in [0.4, 0.5) is 0 Å². The van der Waals surface area contributed by atoms with E-state index in [0.717, 1.165) is 13.1 Å². The third-order valence-corrected chi connectivity index (χ3v) is 4.73. The van der Waals surface area contributed by atoms with Gasteiger partial charge in [-0.1, -0.05) is 44.2 Å². The van der Waals surface area contributed by atoms with Crippen LogP contribution >= 0.6 is 0 Å². The van der Waals surface area contributed by atoms with E-state index in [-0.39, 0.29) is 12.3 Å². The topological polar surface area (TPSA) is 57.6 Å². The smallest absolute Gasteiger partial charge is 0.314 e. The molecule has 0 spiro atoms. The Hall–Kier alpha value is -1.84. The fourth-order valence-corrected chi connectivity index (χ4v) is 2.85. The summed E-state index contributed by atoms with van der Waals surface area (Å²) in [5.41, 5.74) is -0.501. The highest BCUT2D eigenvalue weighted by atomic mass is 16.4. The molecule has 0 saturated carbocycles. The van der Waals surface area contributed by atoms with Crippen LogP contribution in [0.1, 0.15) is 32.8 Å². The molecule has 0 bridgehead atoms. The van der Waals surface area contributed by atoms with E-state index in [1.54, 1.807) is 36.1 Å². The summed E-state index contributed by atoms with van der Waals surface area (Å²) in [7, 11) is 0. The van der Waals surface area contributed by atoms with Gasteiger partial charge in [0.1, 0.15) is 0 Å². The third-order valence-electron chi connectivity index (χ3n) is 4.73. The van der Waals surface area contributed by atoms with Gasteiger partial charge < -0.3 is 10.0 Å². The Morgan fingerprint density at radius 3 is 2.19 bits per heavy atom. The SMILES string of the molecule is CC1CN(C(=O)CC(C)(C(=O)O)c2ccccc2)CC1C. The lowest BCUT2D eigenvalue weighted by Crippen LogP contribution is -2.40. The molecule has 3 atom stereocenters. The van der Waals surface area contributed by atoms with Crippen molar-refractivity contribution in [3.63, 3.8) is 0 Å². The molecule has 1 aliphatic heterocycles. The highest BCUT2D eigenvalue weighted by Crippen LogP contribution is 2.31. The zero-order valence-corrected chi connectivity index (χ0v) is 12.9. The third kappa shape index (κ3) is 3.09. The van der Waals surface area contributed by atoms with E-state index in [9.17, 15) is 14.7 Å². The van der Waals surface area contributed by atoms with Crippen LogP contribution in [0.5, 0.6) is 0 Å². The Morgan fingerprint density at radius 2 is 1.71 bits per heavy atom. The molecule has 1 heterocycles. The molecule has 1 fully saturated rings. The van der Waals surface area contributed by atoms with Gasteiger partial charge in [-0.2, -0.15) is 0 Å². The van der Waals surface area contributed by atoms with Crippen molar-refractivity contribution in [1.29, 1.82) is 0 Å². The zero-order valence-electron chi connectivity index (χ0n) is 12.9. The molecule has 2 rings (SSSR count). The number of aliphatic carboxylic acids is 1. The van der Waals surface area contributed by atoms with Crippen molar-refractivity contribution in [2.24, 2.45) is 11.8 Å². The molecule has 0 aromatic heterocycles. The Bertz CT molecular complexity index is 518. The predicted octanol–water partition coefficient (Wildman–Crippen LogP) is 2.53. The van der Waals surface area contributed by atoms with E-state index in [1.165, 1.54) is 0 Å². The lowest BCUT2D eigenvalue weighted by atomic mass is 9.79. The molecule has 114 valence electrons. The van der Waals surface area contributed by atoms with Gasteiger partial charge >= 0.3 is 5.97 Å². The van der Waals surface area contributed by atoms with Gasteiger partial charge in [0.2, 0.25) is 5.91 Å². The number of likely N-dealkylation sites (tertiary alicyclic amines) is 1. The van der Waals surface area contributed by atoms with Gasteiger partial charge in [0.25, 0.3) is 0 Å². The number of nitrogens with zero attached hydrogens (tertiary/aromatic N) is 1. The molecule has 1 amide bonds. The number of carboxylic acid groups (broad SMARTS) is 1. The molecule has 1 saturated heterocycles. The van der Waals surface area contributed by atoms with E-state index in [1.807, 2.05) is 6.07 Å². The summed E-state index contributed by atoms with van der Waals surface area (Å²) in [6, 6.07) is 9.01. The second-order valence-electron chi connectivity index (χ2n) is 6.43. The van der Waals surface area contributed by atoms with Crippen molar-refractivity contribution in [2.75, 3.05) is 13.1 Å². The van der Waals surface area contributed by atoms with Crippen molar-refractivity contribution in [1.82, 2.24) is 4.90 Å². The molecule has 1 aliphatic rings. The molecule has 4 heteroatoms. The maximum absolute atomic E-state index is 12.5. The van der Waals surface area contributed by atoms with E-state index >= 15 is 0 Å². The number of carbonyl (C=O) groups excluding carboxylic acids is 1. The zero-order chi connectivity index (χ0) is 15.6. The van der Waals surface area contributed by atoms with Crippen LogP contribution in [0.2, 0.25) is 0 Å². The van der Waals surface area contributed by atoms with Gasteiger partial charge in [-0.15, -0.1) is 0 Å². The van der Waals surface area contributed by atoms with Gasteiger partial charge in [-0.05, 0) is 24.3 Å². The molecule has 0 aliphatic carbocycles. The minimum absolute atomic E-state index is 0.00574. The number of carboxylic acids is 1. The molecule has 0 radical (unpaired) electrons. The van der Waals surface area contributed by atoms with Crippen molar-refractivity contribution < 1.29 is 14.7 Å².